The van der Waals surface area contributed by atoms with Crippen LogP contribution < -0.4 is 9.64 Å². The van der Waals surface area contributed by atoms with Crippen molar-refractivity contribution in [3.63, 3.8) is 0 Å². The number of benzene rings is 1. The van der Waals surface area contributed by atoms with E-state index in [2.05, 4.69) is 42.9 Å². The number of likely N-dealkylation sites (tertiary alicyclic amines) is 1. The molecule has 3 aliphatic heterocycles. The number of hydrogen-bond donors (Lipinski definition) is 1. The molecule has 1 aromatic rings. The van der Waals surface area contributed by atoms with E-state index in [1.165, 1.54) is 0 Å². The summed E-state index contributed by atoms with van der Waals surface area (Å²) in [6.45, 7) is 15.8. The fourth-order valence-corrected chi connectivity index (χ4v) is 11.2. The quantitative estimate of drug-likeness (QED) is 0.118. The molecular formula is C35H50BrN3O5S. The summed E-state index contributed by atoms with van der Waals surface area (Å²) >= 11 is 5.58. The lowest BCUT2D eigenvalue weighted by Gasteiger charge is -2.40. The van der Waals surface area contributed by atoms with Crippen molar-refractivity contribution in [2.75, 3.05) is 37.7 Å². The molecule has 3 amide bonds. The number of aliphatic hydroxyl groups is 1. The highest BCUT2D eigenvalue weighted by Gasteiger charge is 2.76. The van der Waals surface area contributed by atoms with E-state index in [0.717, 1.165) is 43.5 Å². The molecule has 1 N–H and O–H groups in total. The van der Waals surface area contributed by atoms with E-state index in [4.69, 9.17) is 4.74 Å². The van der Waals surface area contributed by atoms with Crippen molar-refractivity contribution in [2.45, 2.75) is 92.6 Å². The molecule has 3 aliphatic rings. The summed E-state index contributed by atoms with van der Waals surface area (Å²) < 4.78 is 4.91. The van der Waals surface area contributed by atoms with Crippen LogP contribution in [0.1, 0.15) is 65.7 Å². The van der Waals surface area contributed by atoms with E-state index in [1.807, 2.05) is 41.0 Å². The monoisotopic (exact) mass is 703 g/mol. The van der Waals surface area contributed by atoms with Gasteiger partial charge in [-0.1, -0.05) is 54.3 Å². The van der Waals surface area contributed by atoms with E-state index in [-0.39, 0.29) is 40.4 Å². The lowest BCUT2D eigenvalue weighted by Crippen LogP contribution is -2.57. The number of anilines is 1. The van der Waals surface area contributed by atoms with Crippen molar-refractivity contribution in [3.8, 4) is 5.75 Å². The molecule has 8 nitrogen and oxygen atoms in total. The van der Waals surface area contributed by atoms with Gasteiger partial charge in [-0.15, -0.1) is 24.9 Å². The van der Waals surface area contributed by atoms with Crippen molar-refractivity contribution < 1.29 is 24.2 Å². The third-order valence-electron chi connectivity index (χ3n) is 9.50. The molecule has 3 heterocycles. The standard InChI is InChI=1S/C35H50BrN3O5S/c1-6-14-24(5)37(19-7-2)34(43)31-35-23-27(36)30(45-35)28(29(35)33(42)39(31)21-12-10-11-13-22-40)32(41)38(20-8-3)25-15-17-26(18-16-25)44-9-4/h7-8,15-18,24,27-31,40H,2-3,6,9-14,19-23H2,1,4-5H3/t24?,27?,28-,29+,30-,31?,35?/m1/s1. The van der Waals surface area contributed by atoms with Gasteiger partial charge in [0.05, 0.1) is 23.2 Å². The predicted molar refractivity (Wildman–Crippen MR) is 186 cm³/mol. The molecule has 2 bridgehead atoms. The summed E-state index contributed by atoms with van der Waals surface area (Å²) in [5, 5.41) is 9.12. The number of carbonyl (C=O) groups is 3. The molecule has 0 radical (unpaired) electrons. The molecule has 1 spiro atoms. The van der Waals surface area contributed by atoms with Gasteiger partial charge in [-0.05, 0) is 63.8 Å². The molecule has 45 heavy (non-hydrogen) atoms. The number of fused-ring (bicyclic) bond motifs is 1. The second-order valence-electron chi connectivity index (χ2n) is 12.4. The van der Waals surface area contributed by atoms with Crippen molar-refractivity contribution in [2.24, 2.45) is 11.8 Å². The molecule has 3 saturated heterocycles. The van der Waals surface area contributed by atoms with Crippen LogP contribution in [0.25, 0.3) is 0 Å². The molecular weight excluding hydrogens is 654 g/mol. The molecule has 0 saturated carbocycles. The average molecular weight is 705 g/mol. The van der Waals surface area contributed by atoms with Gasteiger partial charge >= 0.3 is 0 Å². The van der Waals surface area contributed by atoms with Crippen LogP contribution in [0.5, 0.6) is 5.75 Å². The normalized spacial score (nSPS) is 27.3. The summed E-state index contributed by atoms with van der Waals surface area (Å²) in [7, 11) is 0. The largest absolute Gasteiger partial charge is 0.494 e. The molecule has 10 heteroatoms. The lowest BCUT2D eigenvalue weighted by molar-refractivity contribution is -0.143. The van der Waals surface area contributed by atoms with Crippen LogP contribution >= 0.6 is 27.7 Å². The van der Waals surface area contributed by atoms with Gasteiger partial charge in [0.25, 0.3) is 0 Å². The first-order valence-corrected chi connectivity index (χ1v) is 18.3. The highest BCUT2D eigenvalue weighted by Crippen LogP contribution is 2.68. The molecule has 4 rings (SSSR count). The number of ether oxygens (including phenoxy) is 1. The highest BCUT2D eigenvalue weighted by atomic mass is 79.9. The maximum Gasteiger partial charge on any atom is 0.247 e. The molecule has 7 atom stereocenters. The predicted octanol–water partition coefficient (Wildman–Crippen LogP) is 5.82. The minimum atomic E-state index is -0.706. The Hall–Kier alpha value is -2.30. The maximum absolute atomic E-state index is 14.7. The number of halogens is 1. The van der Waals surface area contributed by atoms with Crippen molar-refractivity contribution >= 4 is 51.1 Å². The van der Waals surface area contributed by atoms with Gasteiger partial charge in [-0.3, -0.25) is 14.4 Å². The molecule has 1 aromatic carbocycles. The zero-order chi connectivity index (χ0) is 32.7. The number of carbonyl (C=O) groups excluding carboxylic acids is 3. The van der Waals surface area contributed by atoms with Crippen LogP contribution in [0.4, 0.5) is 5.69 Å². The second-order valence-corrected chi connectivity index (χ2v) is 15.1. The molecule has 0 aromatic heterocycles. The van der Waals surface area contributed by atoms with E-state index in [0.29, 0.717) is 39.1 Å². The second kappa shape index (κ2) is 16.0. The van der Waals surface area contributed by atoms with E-state index >= 15 is 0 Å². The number of alkyl halides is 1. The first-order valence-electron chi connectivity index (χ1n) is 16.5. The fourth-order valence-electron chi connectivity index (χ4n) is 7.56. The maximum atomic E-state index is 14.7. The Morgan fingerprint density at radius 3 is 2.44 bits per heavy atom. The Labute approximate surface area is 281 Å². The van der Waals surface area contributed by atoms with E-state index in [9.17, 15) is 19.5 Å². The first kappa shape index (κ1) is 35.6. The third-order valence-corrected chi connectivity index (χ3v) is 12.7. The smallest absolute Gasteiger partial charge is 0.247 e. The summed E-state index contributed by atoms with van der Waals surface area (Å²) in [6, 6.07) is 6.80. The van der Waals surface area contributed by atoms with Gasteiger partial charge in [0, 0.05) is 48.0 Å². The minimum absolute atomic E-state index is 0.000924. The molecule has 248 valence electrons. The first-order chi connectivity index (χ1) is 21.7. The number of aliphatic hydroxyl groups excluding tert-OH is 1. The zero-order valence-corrected chi connectivity index (χ0v) is 29.4. The van der Waals surface area contributed by atoms with Crippen LogP contribution in [0.2, 0.25) is 0 Å². The van der Waals surface area contributed by atoms with Gasteiger partial charge in [-0.2, -0.15) is 0 Å². The summed E-state index contributed by atoms with van der Waals surface area (Å²) in [4.78, 5) is 49.3. The van der Waals surface area contributed by atoms with Crippen molar-refractivity contribution in [1.82, 2.24) is 9.80 Å². The lowest BCUT2D eigenvalue weighted by atomic mass is 9.70. The SMILES string of the molecule is C=CCN(C(=O)[C@H]1[C@@H]2SC3(CC2Br)C(C(=O)N(CC=C)C(C)CCC)N(CCCCCCO)C(=O)[C@H]13)c1ccc(OCC)cc1. The minimum Gasteiger partial charge on any atom is -0.494 e. The van der Waals surface area contributed by atoms with Crippen LogP contribution in [-0.4, -0.2) is 92.4 Å². The molecule has 0 aliphatic carbocycles. The summed E-state index contributed by atoms with van der Waals surface area (Å²) in [5.74, 6) is -0.692. The number of amides is 3. The average Bonchev–Trinajstić information content (AvgIpc) is 3.62. The number of rotatable bonds is 18. The van der Waals surface area contributed by atoms with Crippen LogP contribution in [-0.2, 0) is 14.4 Å². The molecule has 4 unspecified atom stereocenters. The Balaban J connectivity index is 1.73. The van der Waals surface area contributed by atoms with Crippen LogP contribution in [0.15, 0.2) is 49.6 Å². The topological polar surface area (TPSA) is 90.4 Å². The van der Waals surface area contributed by atoms with E-state index < -0.39 is 22.6 Å². The number of unbranched alkanes of at least 4 members (excludes halogenated alkanes) is 3. The van der Waals surface area contributed by atoms with Crippen LogP contribution in [0.3, 0.4) is 0 Å². The Bertz CT molecular complexity index is 1210. The fraction of sp³-hybridized carbons (Fsp3) is 0.629. The highest BCUT2D eigenvalue weighted by molar-refractivity contribution is 9.09. The van der Waals surface area contributed by atoms with Gasteiger partial charge in [0.1, 0.15) is 11.8 Å². The van der Waals surface area contributed by atoms with Gasteiger partial charge in [0.2, 0.25) is 17.7 Å². The Morgan fingerprint density at radius 2 is 1.82 bits per heavy atom. The van der Waals surface area contributed by atoms with Gasteiger partial charge < -0.3 is 24.5 Å². The Kier molecular flexibility index (Phi) is 12.6. The van der Waals surface area contributed by atoms with Crippen LogP contribution in [0, 0.1) is 11.8 Å². The number of hydrogen-bond acceptors (Lipinski definition) is 6. The third kappa shape index (κ3) is 7.03. The number of thioether (sulfide) groups is 1. The summed E-state index contributed by atoms with van der Waals surface area (Å²) in [6.07, 6.45) is 9.09. The van der Waals surface area contributed by atoms with Crippen molar-refractivity contribution in [3.05, 3.63) is 49.6 Å². The Morgan fingerprint density at radius 1 is 1.13 bits per heavy atom. The summed E-state index contributed by atoms with van der Waals surface area (Å²) in [5.41, 5.74) is 0.723. The zero-order valence-electron chi connectivity index (χ0n) is 27.0. The van der Waals surface area contributed by atoms with Gasteiger partial charge in [-0.25, -0.2) is 0 Å². The van der Waals surface area contributed by atoms with Gasteiger partial charge in [0.15, 0.2) is 0 Å². The molecule has 3 fully saturated rings. The number of nitrogens with zero attached hydrogens (tertiary/aromatic N) is 3. The van der Waals surface area contributed by atoms with Crippen molar-refractivity contribution in [1.29, 1.82) is 0 Å². The van der Waals surface area contributed by atoms with E-state index in [1.54, 1.807) is 28.8 Å².